The van der Waals surface area contributed by atoms with E-state index in [1.54, 1.807) is 11.0 Å². The van der Waals surface area contributed by atoms with E-state index in [0.29, 0.717) is 51.0 Å². The molecule has 156 valence electrons. The molecule has 30 heavy (non-hydrogen) atoms. The van der Waals surface area contributed by atoms with Crippen molar-refractivity contribution in [2.45, 2.75) is 12.8 Å². The normalized spacial score (nSPS) is 14.7. The zero-order valence-electron chi connectivity index (χ0n) is 15.5. The second-order valence-corrected chi connectivity index (χ2v) is 9.98. The van der Waals surface area contributed by atoms with Gasteiger partial charge in [-0.2, -0.15) is 0 Å². The molecular weight excluding hydrogens is 468 g/mol. The Morgan fingerprint density at radius 1 is 1.17 bits per heavy atom. The minimum atomic E-state index is -0.378. The van der Waals surface area contributed by atoms with Gasteiger partial charge < -0.3 is 10.2 Å². The van der Waals surface area contributed by atoms with Gasteiger partial charge in [-0.25, -0.2) is 9.37 Å². The Morgan fingerprint density at radius 3 is 2.50 bits per heavy atom. The lowest BCUT2D eigenvalue weighted by atomic mass is 9.95. The molecule has 0 spiro atoms. The van der Waals surface area contributed by atoms with Gasteiger partial charge in [0.2, 0.25) is 5.91 Å². The molecule has 1 aliphatic rings. The quantitative estimate of drug-likeness (QED) is 0.509. The summed E-state index contributed by atoms with van der Waals surface area (Å²) in [6, 6.07) is 7.25. The molecule has 2 amide bonds. The molecule has 1 fully saturated rings. The molecule has 4 rings (SSSR count). The number of carbonyl (C=O) groups excluding carboxylic acids is 2. The molecule has 3 aromatic rings. The molecule has 0 radical (unpaired) electrons. The van der Waals surface area contributed by atoms with Crippen LogP contribution in [0.3, 0.4) is 0 Å². The van der Waals surface area contributed by atoms with Crippen molar-refractivity contribution in [1.82, 2.24) is 9.88 Å². The molecular formula is C20H16Cl2FN3O2S2. The van der Waals surface area contributed by atoms with Crippen molar-refractivity contribution in [1.29, 1.82) is 0 Å². The van der Waals surface area contributed by atoms with Gasteiger partial charge in [0.05, 0.1) is 10.0 Å². The summed E-state index contributed by atoms with van der Waals surface area (Å²) in [4.78, 5) is 31.3. The zero-order valence-corrected chi connectivity index (χ0v) is 18.7. The SMILES string of the molecule is O=C(Nc1nc(-c2cc(Cl)sc2Cl)cs1)C1CCN(C(=O)c2ccc(F)cc2)CC1. The Hall–Kier alpha value is -2.00. The van der Waals surface area contributed by atoms with E-state index < -0.39 is 0 Å². The summed E-state index contributed by atoms with van der Waals surface area (Å²) in [5.74, 6) is -0.839. The lowest BCUT2D eigenvalue weighted by Gasteiger charge is -2.31. The summed E-state index contributed by atoms with van der Waals surface area (Å²) >= 11 is 14.7. The van der Waals surface area contributed by atoms with Crippen molar-refractivity contribution in [2.24, 2.45) is 5.92 Å². The van der Waals surface area contributed by atoms with Crippen LogP contribution < -0.4 is 5.32 Å². The van der Waals surface area contributed by atoms with E-state index in [9.17, 15) is 14.0 Å². The predicted octanol–water partition coefficient (Wildman–Crippen LogP) is 5.81. The minimum Gasteiger partial charge on any atom is -0.339 e. The van der Waals surface area contributed by atoms with E-state index in [0.717, 1.165) is 5.56 Å². The van der Waals surface area contributed by atoms with Crippen LogP contribution in [-0.2, 0) is 4.79 Å². The van der Waals surface area contributed by atoms with Crippen LogP contribution in [0.2, 0.25) is 8.67 Å². The summed E-state index contributed by atoms with van der Waals surface area (Å²) in [6.45, 7) is 0.945. The molecule has 2 aromatic heterocycles. The summed E-state index contributed by atoms with van der Waals surface area (Å²) in [5.41, 5.74) is 1.86. The highest BCUT2D eigenvalue weighted by atomic mass is 35.5. The van der Waals surface area contributed by atoms with Crippen LogP contribution in [0.15, 0.2) is 35.7 Å². The first-order chi connectivity index (χ1) is 14.4. The molecule has 1 aromatic carbocycles. The molecule has 0 atom stereocenters. The highest BCUT2D eigenvalue weighted by Crippen LogP contribution is 2.39. The number of thiazole rings is 1. The van der Waals surface area contributed by atoms with E-state index in [2.05, 4.69) is 10.3 Å². The highest BCUT2D eigenvalue weighted by molar-refractivity contribution is 7.20. The second kappa shape index (κ2) is 9.01. The van der Waals surface area contributed by atoms with E-state index in [-0.39, 0.29) is 23.5 Å². The third-order valence-corrected chi connectivity index (χ3v) is 7.16. The van der Waals surface area contributed by atoms with Gasteiger partial charge in [-0.15, -0.1) is 22.7 Å². The van der Waals surface area contributed by atoms with Crippen molar-refractivity contribution in [3.8, 4) is 11.3 Å². The molecule has 0 bridgehead atoms. The number of anilines is 1. The van der Waals surface area contributed by atoms with Gasteiger partial charge in [0, 0.05) is 35.5 Å². The summed E-state index contributed by atoms with van der Waals surface area (Å²) in [7, 11) is 0. The lowest BCUT2D eigenvalue weighted by molar-refractivity contribution is -0.121. The summed E-state index contributed by atoms with van der Waals surface area (Å²) < 4.78 is 14.2. The van der Waals surface area contributed by atoms with E-state index in [4.69, 9.17) is 23.2 Å². The fraction of sp³-hybridized carbons (Fsp3) is 0.250. The molecule has 1 saturated heterocycles. The van der Waals surface area contributed by atoms with E-state index in [1.165, 1.54) is 46.9 Å². The van der Waals surface area contributed by atoms with Crippen LogP contribution in [0.25, 0.3) is 11.3 Å². The van der Waals surface area contributed by atoms with Crippen LogP contribution in [-0.4, -0.2) is 34.8 Å². The topological polar surface area (TPSA) is 62.3 Å². The number of piperidine rings is 1. The standard InChI is InChI=1S/C20H16Cl2FN3O2S2/c21-16-9-14(17(22)30-16)15-10-29-20(24-15)25-18(27)11-5-7-26(8-6-11)19(28)12-1-3-13(23)4-2-12/h1-4,9-11H,5-8H2,(H,24,25,27). The number of hydrogen-bond donors (Lipinski definition) is 1. The number of halogens is 3. The van der Waals surface area contributed by atoms with Crippen molar-refractivity contribution in [3.63, 3.8) is 0 Å². The first kappa shape index (κ1) is 21.2. The largest absolute Gasteiger partial charge is 0.339 e. The number of nitrogens with one attached hydrogen (secondary N) is 1. The van der Waals surface area contributed by atoms with Crippen LogP contribution in [0, 0.1) is 11.7 Å². The van der Waals surface area contributed by atoms with Gasteiger partial charge in [-0.1, -0.05) is 23.2 Å². The number of rotatable bonds is 4. The lowest BCUT2D eigenvalue weighted by Crippen LogP contribution is -2.41. The van der Waals surface area contributed by atoms with Crippen molar-refractivity contribution < 1.29 is 14.0 Å². The molecule has 0 unspecified atom stereocenters. The van der Waals surface area contributed by atoms with Crippen LogP contribution in [0.4, 0.5) is 9.52 Å². The smallest absolute Gasteiger partial charge is 0.253 e. The van der Waals surface area contributed by atoms with Gasteiger partial charge in [0.25, 0.3) is 5.91 Å². The monoisotopic (exact) mass is 483 g/mol. The van der Waals surface area contributed by atoms with Gasteiger partial charge in [0.15, 0.2) is 5.13 Å². The molecule has 0 aliphatic carbocycles. The Balaban J connectivity index is 1.33. The number of likely N-dealkylation sites (tertiary alicyclic amines) is 1. The minimum absolute atomic E-state index is 0.112. The molecule has 1 aliphatic heterocycles. The fourth-order valence-corrected chi connectivity index (χ4v) is 5.49. The Kier molecular flexibility index (Phi) is 6.38. The molecule has 3 heterocycles. The first-order valence-corrected chi connectivity index (χ1v) is 11.6. The maximum absolute atomic E-state index is 13.0. The average Bonchev–Trinajstić information content (AvgIpc) is 3.33. The summed E-state index contributed by atoms with van der Waals surface area (Å²) in [6.07, 6.45) is 1.12. The molecule has 10 heteroatoms. The van der Waals surface area contributed by atoms with E-state index >= 15 is 0 Å². The third-order valence-electron chi connectivity index (χ3n) is 4.91. The predicted molar refractivity (Wildman–Crippen MR) is 119 cm³/mol. The van der Waals surface area contributed by atoms with Crippen LogP contribution in [0.1, 0.15) is 23.2 Å². The maximum atomic E-state index is 13.0. The molecule has 1 N–H and O–H groups in total. The van der Waals surface area contributed by atoms with Crippen molar-refractivity contribution in [3.05, 3.63) is 55.8 Å². The number of carbonyl (C=O) groups is 2. The Bertz CT molecular complexity index is 1080. The Labute approximate surface area is 190 Å². The van der Waals surface area contributed by atoms with Gasteiger partial charge >= 0.3 is 0 Å². The van der Waals surface area contributed by atoms with Crippen LogP contribution in [0.5, 0.6) is 0 Å². The number of nitrogens with zero attached hydrogens (tertiary/aromatic N) is 2. The van der Waals surface area contributed by atoms with Gasteiger partial charge in [-0.3, -0.25) is 9.59 Å². The zero-order chi connectivity index (χ0) is 21.3. The fourth-order valence-electron chi connectivity index (χ4n) is 3.30. The highest BCUT2D eigenvalue weighted by Gasteiger charge is 2.28. The van der Waals surface area contributed by atoms with Crippen molar-refractivity contribution >= 4 is 62.8 Å². The number of amides is 2. The van der Waals surface area contributed by atoms with Gasteiger partial charge in [0.1, 0.15) is 10.2 Å². The number of aromatic nitrogens is 1. The van der Waals surface area contributed by atoms with Crippen LogP contribution >= 0.6 is 45.9 Å². The van der Waals surface area contributed by atoms with Crippen molar-refractivity contribution in [2.75, 3.05) is 18.4 Å². The number of thiophene rings is 1. The first-order valence-electron chi connectivity index (χ1n) is 9.17. The van der Waals surface area contributed by atoms with E-state index in [1.807, 2.05) is 5.38 Å². The maximum Gasteiger partial charge on any atom is 0.253 e. The second-order valence-electron chi connectivity index (χ2n) is 6.84. The Morgan fingerprint density at radius 2 is 1.87 bits per heavy atom. The number of benzene rings is 1. The summed E-state index contributed by atoms with van der Waals surface area (Å²) in [5, 5.41) is 5.18. The van der Waals surface area contributed by atoms with Gasteiger partial charge in [-0.05, 0) is 43.2 Å². The third kappa shape index (κ3) is 4.67. The molecule has 0 saturated carbocycles. The number of hydrogen-bond acceptors (Lipinski definition) is 5. The average molecular weight is 484 g/mol. The molecule has 5 nitrogen and oxygen atoms in total.